The summed E-state index contributed by atoms with van der Waals surface area (Å²) in [5.41, 5.74) is 0. The van der Waals surface area contributed by atoms with E-state index in [4.69, 9.17) is 0 Å². The molecule has 0 saturated carbocycles. The third-order valence-corrected chi connectivity index (χ3v) is 0. The Hall–Kier alpha value is 45.6. The van der Waals surface area contributed by atoms with Crippen molar-refractivity contribution in [2.24, 2.45) is 0 Å². The molecule has 0 heterocycles. The van der Waals surface area contributed by atoms with Gasteiger partial charge in [-0.25, -0.2) is 0 Å². The Bertz CT molecular complexity index is 12.2. The van der Waals surface area contributed by atoms with E-state index in [0.717, 1.165) is 0 Å². The molecule has 0 nitrogen and oxygen atoms in total. The Labute approximate surface area is 1310 Å². The maximum atomic E-state index is 0. The van der Waals surface area contributed by atoms with Crippen molar-refractivity contribution in [1.29, 1.82) is 0 Å². The van der Waals surface area contributed by atoms with E-state index >= 15 is 0 Å². The molecule has 0 aromatic heterocycles. The van der Waals surface area contributed by atoms with Crippen LogP contribution in [0.2, 0.25) is 0 Å². The summed E-state index contributed by atoms with van der Waals surface area (Å²) in [6, 6.07) is 0. The van der Waals surface area contributed by atoms with Gasteiger partial charge in [-0.2, -0.15) is 0 Å². The summed E-state index contributed by atoms with van der Waals surface area (Å²) in [5.74, 6) is 0. The van der Waals surface area contributed by atoms with Crippen molar-refractivity contribution in [2.45, 2.75) is 0 Å². The van der Waals surface area contributed by atoms with E-state index in [9.17, 15) is 0 Å². The third kappa shape index (κ3) is 412. The summed E-state index contributed by atoms with van der Waals surface area (Å²) in [6.45, 7) is 0. The molecule has 208 valence electrons. The van der Waals surface area contributed by atoms with Crippen molar-refractivity contribution in [3.05, 3.63) is 0 Å². The second-order valence-electron chi connectivity index (χ2n) is 0. The minimum Gasteiger partial charge on any atom is 0 e. The minimum atomic E-state index is 0. The van der Waals surface area contributed by atoms with Crippen LogP contribution in [0.25, 0.3) is 0 Å². The van der Waals surface area contributed by atoms with Crippen LogP contribution in [0, 0.1) is 0 Å². The van der Waals surface area contributed by atoms with E-state index < -0.39 is 0 Å². The van der Waals surface area contributed by atoms with E-state index in [0.29, 0.717) is 0 Å². The molecule has 0 N–H and O–H groups in total. The van der Waals surface area contributed by atoms with Crippen LogP contribution >= 0.6 is 0 Å². The van der Waals surface area contributed by atoms with Gasteiger partial charge in [0.2, 0.25) is 0 Å². The zero-order valence-corrected chi connectivity index (χ0v) is 152. The zero-order chi connectivity index (χ0) is 0. The second kappa shape index (κ2) is 425. The van der Waals surface area contributed by atoms with Crippen LogP contribution in [0.3, 0.4) is 0 Å². The molecule has 0 rings (SSSR count). The molecule has 0 amide bonds. The first kappa shape index (κ1) is 438. The van der Waals surface area contributed by atoms with Crippen LogP contribution in [-0.4, -0.2) is 0 Å². The fourth-order valence-corrected chi connectivity index (χ4v) is 0. The molecular weight excluding hydrogens is 4660 g/mol. The molecular formula is Ti2Zr50. The molecule has 0 spiro atoms. The van der Waals surface area contributed by atoms with Crippen LogP contribution < -0.4 is 0 Å². The summed E-state index contributed by atoms with van der Waals surface area (Å²) in [6.07, 6.45) is 0. The second-order valence-corrected chi connectivity index (χ2v) is 0. The molecule has 0 radical (unpaired) electrons. The number of hydrogen-bond donors (Lipinski definition) is 0. The van der Waals surface area contributed by atoms with Gasteiger partial charge in [0.15, 0.2) is 0 Å². The van der Waals surface area contributed by atoms with E-state index in [2.05, 4.69) is 0 Å². The maximum Gasteiger partial charge on any atom is 0 e. The molecule has 0 bridgehead atoms. The number of rotatable bonds is 0. The summed E-state index contributed by atoms with van der Waals surface area (Å²) in [5, 5.41) is 0. The first-order valence-corrected chi connectivity index (χ1v) is 0. The van der Waals surface area contributed by atoms with Gasteiger partial charge in [0, 0.05) is 1350 Å². The molecule has 0 saturated heterocycles. The van der Waals surface area contributed by atoms with Gasteiger partial charge in [-0.15, -0.1) is 0 Å². The van der Waals surface area contributed by atoms with Crippen LogP contribution in [-0.2, 0) is 1350 Å². The van der Waals surface area contributed by atoms with Crippen LogP contribution in [0.15, 0.2) is 0 Å². The van der Waals surface area contributed by atoms with Crippen LogP contribution in [0.1, 0.15) is 0 Å². The van der Waals surface area contributed by atoms with E-state index in [1.54, 1.807) is 0 Å². The molecule has 0 unspecified atom stereocenters. The van der Waals surface area contributed by atoms with Crippen molar-refractivity contribution in [3.63, 3.8) is 0 Å². The van der Waals surface area contributed by atoms with E-state index in [1.807, 2.05) is 0 Å². The molecule has 0 aliphatic heterocycles. The smallest absolute Gasteiger partial charge is 0 e. The Morgan fingerprint density at radius 2 is 0.0385 bits per heavy atom. The molecule has 52 heteroatoms. The van der Waals surface area contributed by atoms with Gasteiger partial charge in [-0.05, 0) is 0 Å². The van der Waals surface area contributed by atoms with Crippen LogP contribution in [0.5, 0.6) is 0 Å². The minimum absolute atomic E-state index is 0. The third-order valence-electron chi connectivity index (χ3n) is 0. The Kier molecular flexibility index (Phi) is 3580. The van der Waals surface area contributed by atoms with Crippen molar-refractivity contribution in [1.82, 2.24) is 0 Å². The Morgan fingerprint density at radius 1 is 0.0385 bits per heavy atom. The van der Waals surface area contributed by atoms with E-state index in [-0.39, 0.29) is 1350 Å². The molecule has 0 fully saturated rings. The zero-order valence-electron chi connectivity index (χ0n) is 26.0. The summed E-state index contributed by atoms with van der Waals surface area (Å²) < 4.78 is 0. The Morgan fingerprint density at radius 3 is 0.0385 bits per heavy atom. The van der Waals surface area contributed by atoms with Crippen molar-refractivity contribution < 1.29 is 1350 Å². The SMILES string of the molecule is [Ti].[Ti].[Zr].[Zr].[Zr].[Zr].[Zr].[Zr].[Zr].[Zr].[Zr].[Zr].[Zr].[Zr].[Zr].[Zr].[Zr].[Zr].[Zr].[Zr].[Zr].[Zr].[Zr].[Zr].[Zr].[Zr].[Zr].[Zr].[Zr].[Zr].[Zr].[Zr].[Zr].[Zr].[Zr].[Zr].[Zr].[Zr].[Zr].[Zr].[Zr].[Zr].[Zr].[Zr].[Zr].[Zr].[Zr].[Zr].[Zr].[Zr].[Zr].[Zr]. The van der Waals surface area contributed by atoms with Gasteiger partial charge in [-0.1, -0.05) is 0 Å². The predicted molar refractivity (Wildman–Crippen MR) is 0 cm³/mol. The monoisotopic (exact) mass is 4590 g/mol. The predicted octanol–water partition coefficient (Wildman–Crippen LogP) is -0.130. The van der Waals surface area contributed by atoms with Gasteiger partial charge in [0.1, 0.15) is 0 Å². The summed E-state index contributed by atoms with van der Waals surface area (Å²) in [4.78, 5) is 0. The molecule has 0 atom stereocenters. The largest absolute Gasteiger partial charge is 0 e. The quantitative estimate of drug-likeness (QED) is 0.298. The Balaban J connectivity index is 0. The topological polar surface area (TPSA) is 0 Å². The molecule has 0 aliphatic rings. The maximum absolute atomic E-state index is 0. The van der Waals surface area contributed by atoms with Gasteiger partial charge >= 0.3 is 0 Å². The van der Waals surface area contributed by atoms with Gasteiger partial charge in [0.05, 0.1) is 0 Å². The standard InChI is InChI=1S/2Ti.50Zr. The molecule has 0 aliphatic carbocycles. The first-order valence-electron chi connectivity index (χ1n) is 0. The summed E-state index contributed by atoms with van der Waals surface area (Å²) >= 11 is 0. The molecule has 0 aromatic carbocycles. The van der Waals surface area contributed by atoms with Crippen molar-refractivity contribution >= 4 is 0 Å². The van der Waals surface area contributed by atoms with Gasteiger partial charge < -0.3 is 0 Å². The van der Waals surface area contributed by atoms with Crippen LogP contribution in [0.4, 0.5) is 0 Å². The summed E-state index contributed by atoms with van der Waals surface area (Å²) in [7, 11) is 0. The van der Waals surface area contributed by atoms with Crippen molar-refractivity contribution in [3.8, 4) is 0 Å². The van der Waals surface area contributed by atoms with Gasteiger partial charge in [-0.3, -0.25) is 0 Å². The molecule has 0 aromatic rings. The fourth-order valence-electron chi connectivity index (χ4n) is 0. The van der Waals surface area contributed by atoms with Crippen molar-refractivity contribution in [2.75, 3.05) is 0 Å². The fraction of sp³-hybridized carbons (Fsp3) is 0. The van der Waals surface area contributed by atoms with E-state index in [1.165, 1.54) is 0 Å². The average Bonchev–Trinajstić information content (AvgIpc) is 0. The first-order chi connectivity index (χ1) is 0. The molecule has 52 heavy (non-hydrogen) atoms. The average molecular weight is 4660 g/mol. The number of hydrogen-bond acceptors (Lipinski definition) is 0. The normalized spacial score (nSPS) is 0. The van der Waals surface area contributed by atoms with Gasteiger partial charge in [0.25, 0.3) is 0 Å².